The molecule has 4 rings (SSSR count). The Balaban J connectivity index is 1.87. The van der Waals surface area contributed by atoms with Gasteiger partial charge >= 0.3 is 5.91 Å². The number of hydrogen-bond acceptors (Lipinski definition) is 9. The Kier molecular flexibility index (Phi) is 8.75. The van der Waals surface area contributed by atoms with Crippen molar-refractivity contribution < 1.29 is 29.0 Å². The van der Waals surface area contributed by atoms with Crippen LogP contribution in [0, 0.1) is 6.92 Å². The average molecular weight is 550 g/mol. The van der Waals surface area contributed by atoms with Gasteiger partial charge in [0, 0.05) is 24.9 Å². The van der Waals surface area contributed by atoms with Crippen LogP contribution in [0.2, 0.25) is 0 Å². The van der Waals surface area contributed by atoms with Gasteiger partial charge in [-0.05, 0) is 50.1 Å². The van der Waals surface area contributed by atoms with Crippen molar-refractivity contribution in [3.63, 3.8) is 0 Å². The summed E-state index contributed by atoms with van der Waals surface area (Å²) in [6.07, 6.45) is 5.99. The third-order valence-electron chi connectivity index (χ3n) is 6.30. The number of rotatable bonds is 11. The third-order valence-corrected chi connectivity index (χ3v) is 7.56. The van der Waals surface area contributed by atoms with Crippen molar-refractivity contribution in [3.8, 4) is 11.5 Å². The molecule has 0 radical (unpaired) electrons. The molecule has 2 aromatic heterocycles. The van der Waals surface area contributed by atoms with Crippen LogP contribution in [0.4, 0.5) is 5.13 Å². The number of hydrogen-bond donors (Lipinski definition) is 1. The maximum atomic E-state index is 13.5. The summed E-state index contributed by atoms with van der Waals surface area (Å²) < 4.78 is 11.8. The van der Waals surface area contributed by atoms with Crippen LogP contribution in [0.3, 0.4) is 0 Å². The number of thiazole rings is 1. The minimum Gasteiger partial charge on any atom is -0.507 e. The molecule has 0 aliphatic carbocycles. The Morgan fingerprint density at radius 3 is 2.46 bits per heavy atom. The smallest absolute Gasteiger partial charge is 0.301 e. The Labute approximate surface area is 231 Å². The number of aryl methyl sites for hydroxylation is 1. The molecule has 3 heterocycles. The fraction of sp³-hybridized carbons (Fsp3) is 0.345. The van der Waals surface area contributed by atoms with E-state index in [1.807, 2.05) is 6.92 Å². The molecule has 204 valence electrons. The van der Waals surface area contributed by atoms with Gasteiger partial charge in [-0.25, -0.2) is 4.98 Å². The second-order valence-corrected chi connectivity index (χ2v) is 10.0. The van der Waals surface area contributed by atoms with Gasteiger partial charge in [0.25, 0.3) is 5.78 Å². The minimum absolute atomic E-state index is 0.0949. The SMILES string of the molecule is CCCCCOc1ccc(C2/C(=C(\O)c3ccncc3)C(=O)C(=O)N2c2nc(C)c(C(C)=O)s2)cc1OCC. The van der Waals surface area contributed by atoms with E-state index in [-0.39, 0.29) is 22.2 Å². The molecule has 1 fully saturated rings. The van der Waals surface area contributed by atoms with E-state index in [0.717, 1.165) is 30.6 Å². The zero-order chi connectivity index (χ0) is 28.1. The van der Waals surface area contributed by atoms with E-state index >= 15 is 0 Å². The van der Waals surface area contributed by atoms with Crippen LogP contribution in [-0.4, -0.2) is 45.8 Å². The van der Waals surface area contributed by atoms with Gasteiger partial charge in [0.05, 0.1) is 35.4 Å². The quantitative estimate of drug-likeness (QED) is 0.107. The molecule has 1 aliphatic rings. The number of ketones is 2. The summed E-state index contributed by atoms with van der Waals surface area (Å²) in [7, 11) is 0. The molecule has 0 spiro atoms. The van der Waals surface area contributed by atoms with Gasteiger partial charge < -0.3 is 14.6 Å². The van der Waals surface area contributed by atoms with Gasteiger partial charge in [0.2, 0.25) is 0 Å². The molecule has 1 aliphatic heterocycles. The largest absolute Gasteiger partial charge is 0.507 e. The highest BCUT2D eigenvalue weighted by Crippen LogP contribution is 2.45. The van der Waals surface area contributed by atoms with Gasteiger partial charge in [0.1, 0.15) is 5.76 Å². The molecule has 1 unspecified atom stereocenters. The van der Waals surface area contributed by atoms with Crippen molar-refractivity contribution in [1.29, 1.82) is 0 Å². The van der Waals surface area contributed by atoms with E-state index < -0.39 is 17.7 Å². The normalized spacial score (nSPS) is 16.5. The molecule has 1 saturated heterocycles. The second kappa shape index (κ2) is 12.2. The van der Waals surface area contributed by atoms with E-state index in [4.69, 9.17) is 9.47 Å². The molecule has 0 saturated carbocycles. The van der Waals surface area contributed by atoms with Crippen LogP contribution in [0.5, 0.6) is 11.5 Å². The summed E-state index contributed by atoms with van der Waals surface area (Å²) in [5, 5.41) is 11.5. The van der Waals surface area contributed by atoms with Crippen LogP contribution >= 0.6 is 11.3 Å². The zero-order valence-electron chi connectivity index (χ0n) is 22.4. The lowest BCUT2D eigenvalue weighted by Crippen LogP contribution is -2.29. The number of aliphatic hydroxyl groups excluding tert-OH is 1. The number of unbranched alkanes of at least 4 members (excludes halogenated alkanes) is 2. The van der Waals surface area contributed by atoms with E-state index in [9.17, 15) is 19.5 Å². The maximum absolute atomic E-state index is 13.5. The Morgan fingerprint density at radius 1 is 1.08 bits per heavy atom. The predicted octanol–water partition coefficient (Wildman–Crippen LogP) is 5.64. The van der Waals surface area contributed by atoms with E-state index in [1.54, 1.807) is 37.3 Å². The van der Waals surface area contributed by atoms with Gasteiger partial charge in [-0.1, -0.05) is 37.2 Å². The van der Waals surface area contributed by atoms with Crippen molar-refractivity contribution >= 4 is 39.7 Å². The summed E-state index contributed by atoms with van der Waals surface area (Å²) in [5.74, 6) is -1.22. The Morgan fingerprint density at radius 2 is 1.82 bits per heavy atom. The van der Waals surface area contributed by atoms with Gasteiger partial charge in [-0.2, -0.15) is 0 Å². The fourth-order valence-electron chi connectivity index (χ4n) is 4.44. The molecule has 1 N–H and O–H groups in total. The molecule has 9 nitrogen and oxygen atoms in total. The summed E-state index contributed by atoms with van der Waals surface area (Å²) >= 11 is 1.03. The number of pyridine rings is 1. The Bertz CT molecular complexity index is 1420. The van der Waals surface area contributed by atoms with Gasteiger partial charge in [-0.15, -0.1) is 0 Å². The molecule has 39 heavy (non-hydrogen) atoms. The molecule has 0 bridgehead atoms. The van der Waals surface area contributed by atoms with E-state index in [0.29, 0.717) is 46.4 Å². The lowest BCUT2D eigenvalue weighted by molar-refractivity contribution is -0.132. The predicted molar refractivity (Wildman–Crippen MR) is 149 cm³/mol. The molecule has 1 amide bonds. The first-order valence-electron chi connectivity index (χ1n) is 12.9. The topological polar surface area (TPSA) is 119 Å². The monoisotopic (exact) mass is 549 g/mol. The number of Topliss-reactive ketones (excluding diaryl/α,β-unsaturated/α-hetero) is 2. The average Bonchev–Trinajstić information content (AvgIpc) is 3.44. The highest BCUT2D eigenvalue weighted by molar-refractivity contribution is 7.18. The number of ether oxygens (including phenoxy) is 2. The fourth-order valence-corrected chi connectivity index (χ4v) is 5.43. The van der Waals surface area contributed by atoms with Crippen LogP contribution in [-0.2, 0) is 9.59 Å². The highest BCUT2D eigenvalue weighted by atomic mass is 32.1. The third kappa shape index (κ3) is 5.70. The molecule has 10 heteroatoms. The number of anilines is 1. The number of aliphatic hydroxyl groups is 1. The van der Waals surface area contributed by atoms with Crippen molar-refractivity contribution in [1.82, 2.24) is 9.97 Å². The highest BCUT2D eigenvalue weighted by Gasteiger charge is 2.48. The lowest BCUT2D eigenvalue weighted by atomic mass is 9.95. The molecule has 1 atom stereocenters. The van der Waals surface area contributed by atoms with E-state index in [2.05, 4.69) is 16.9 Å². The standard InChI is InChI=1S/C29H31N3O6S/c1-5-7-8-15-38-21-10-9-20(16-22(21)37-6-2)24-23(25(34)19-11-13-30-14-12-19)26(35)28(36)32(24)29-31-17(3)27(39-29)18(4)33/h9-14,16,24,34H,5-8,15H2,1-4H3/b25-23+. The first-order chi connectivity index (χ1) is 18.8. The van der Waals surface area contributed by atoms with Crippen molar-refractivity contribution in [2.75, 3.05) is 18.1 Å². The number of nitrogens with zero attached hydrogens (tertiary/aromatic N) is 3. The Hall–Kier alpha value is -4.05. The van der Waals surface area contributed by atoms with Crippen molar-refractivity contribution in [2.24, 2.45) is 0 Å². The van der Waals surface area contributed by atoms with Gasteiger partial charge in [-0.3, -0.25) is 24.3 Å². The molecule has 1 aromatic carbocycles. The van der Waals surface area contributed by atoms with E-state index in [1.165, 1.54) is 24.2 Å². The summed E-state index contributed by atoms with van der Waals surface area (Å²) in [6, 6.07) is 7.30. The zero-order valence-corrected chi connectivity index (χ0v) is 23.2. The van der Waals surface area contributed by atoms with Crippen molar-refractivity contribution in [2.45, 2.75) is 53.0 Å². The molecular formula is C29H31N3O6S. The number of aromatic nitrogens is 2. The number of amides is 1. The van der Waals surface area contributed by atoms with Crippen LogP contribution < -0.4 is 14.4 Å². The first-order valence-corrected chi connectivity index (χ1v) is 13.7. The first kappa shape index (κ1) is 28.0. The van der Waals surface area contributed by atoms with Crippen molar-refractivity contribution in [3.05, 3.63) is 70.0 Å². The van der Waals surface area contributed by atoms with Crippen LogP contribution in [0.25, 0.3) is 5.76 Å². The van der Waals surface area contributed by atoms with Crippen LogP contribution in [0.1, 0.15) is 72.6 Å². The summed E-state index contributed by atoms with van der Waals surface area (Å²) in [5.41, 5.74) is 1.23. The second-order valence-electron chi connectivity index (χ2n) is 9.07. The van der Waals surface area contributed by atoms with Crippen LogP contribution in [0.15, 0.2) is 48.3 Å². The summed E-state index contributed by atoms with van der Waals surface area (Å²) in [4.78, 5) is 49.1. The number of benzene rings is 1. The lowest BCUT2D eigenvalue weighted by Gasteiger charge is -2.24. The molecule has 3 aromatic rings. The van der Waals surface area contributed by atoms with Gasteiger partial charge in [0.15, 0.2) is 22.4 Å². The maximum Gasteiger partial charge on any atom is 0.301 e. The minimum atomic E-state index is -1.02. The molecular weight excluding hydrogens is 518 g/mol. The summed E-state index contributed by atoms with van der Waals surface area (Å²) in [6.45, 7) is 7.97. The number of carbonyl (C=O) groups is 3. The number of carbonyl (C=O) groups excluding carboxylic acids is 3.